The highest BCUT2D eigenvalue weighted by Crippen LogP contribution is 2.09. The fourth-order valence-corrected chi connectivity index (χ4v) is 3.05. The molecule has 0 heterocycles. The van der Waals surface area contributed by atoms with E-state index in [2.05, 4.69) is 108 Å². The molecule has 0 aliphatic rings. The van der Waals surface area contributed by atoms with E-state index in [1.807, 2.05) is 118 Å². The normalized spacial score (nSPS) is 7.57. The molecule has 6 radical (unpaired) electrons. The van der Waals surface area contributed by atoms with Gasteiger partial charge in [0.05, 0.1) is 0 Å². The number of halogens is 2. The van der Waals surface area contributed by atoms with E-state index in [4.69, 9.17) is 11.5 Å². The fourth-order valence-electron chi connectivity index (χ4n) is 2.28. The van der Waals surface area contributed by atoms with Crippen molar-refractivity contribution >= 4 is 73.4 Å². The van der Waals surface area contributed by atoms with Gasteiger partial charge in [0.15, 0.2) is 0 Å². The van der Waals surface area contributed by atoms with Crippen LogP contribution in [-0.2, 0) is 0 Å². The summed E-state index contributed by atoms with van der Waals surface area (Å²) >= 11 is 4.65. The number of hydrogen-bond donors (Lipinski definition) is 2. The van der Waals surface area contributed by atoms with Crippen LogP contribution in [0.15, 0.2) is 97.1 Å². The predicted octanol–water partition coefficient (Wildman–Crippen LogP) is 11.7. The van der Waals surface area contributed by atoms with Crippen molar-refractivity contribution in [2.45, 2.75) is 83.1 Å². The summed E-state index contributed by atoms with van der Waals surface area (Å²) in [6.07, 6.45) is 0. The molecule has 230 valence electrons. The molecule has 0 aromatic heterocycles. The van der Waals surface area contributed by atoms with E-state index >= 15 is 0 Å². The van der Waals surface area contributed by atoms with Crippen LogP contribution in [0.2, 0.25) is 0 Å². The minimum Gasteiger partial charge on any atom is -0.399 e. The second kappa shape index (κ2) is 39.1. The first-order chi connectivity index (χ1) is 19.2. The van der Waals surface area contributed by atoms with Crippen molar-refractivity contribution in [2.75, 3.05) is 11.5 Å². The summed E-state index contributed by atoms with van der Waals surface area (Å²) in [7, 11) is 0. The van der Waals surface area contributed by atoms with Gasteiger partial charge in [-0.05, 0) is 119 Å². The maximum Gasteiger partial charge on any atom is 0.0343 e. The van der Waals surface area contributed by atoms with Gasteiger partial charge >= 0.3 is 0 Å². The largest absolute Gasteiger partial charge is 0.399 e. The molecule has 0 spiro atoms. The molecule has 42 heavy (non-hydrogen) atoms. The van der Waals surface area contributed by atoms with Crippen LogP contribution >= 0.6 is 45.2 Å². The number of nitrogens with two attached hydrogens (primary N) is 2. The van der Waals surface area contributed by atoms with Crippen molar-refractivity contribution in [2.24, 2.45) is 0 Å². The maximum absolute atomic E-state index is 5.52. The minimum absolute atomic E-state index is 0. The van der Waals surface area contributed by atoms with Gasteiger partial charge < -0.3 is 11.5 Å². The highest BCUT2D eigenvalue weighted by molar-refractivity contribution is 14.1. The second-order valence-corrected chi connectivity index (χ2v) is 9.54. The Labute approximate surface area is 292 Å². The lowest BCUT2D eigenvalue weighted by molar-refractivity contribution is 1.43. The molecule has 0 saturated heterocycles. The monoisotopic (exact) mass is 792 g/mol. The number of benzene rings is 4. The molecular weight excluding hydrogens is 736 g/mol. The second-order valence-electron chi connectivity index (χ2n) is 7.21. The molecule has 0 aliphatic heterocycles. The Kier molecular flexibility index (Phi) is 49.0. The Hall–Kier alpha value is -1.93. The Morgan fingerprint density at radius 3 is 0.667 bits per heavy atom. The van der Waals surface area contributed by atoms with Gasteiger partial charge in [-0.25, -0.2) is 0 Å². The molecular formula is C36H56B2I2N2. The van der Waals surface area contributed by atoms with Crippen LogP contribution in [-0.4, -0.2) is 16.8 Å². The third-order valence-electron chi connectivity index (χ3n) is 4.53. The minimum atomic E-state index is 0. The van der Waals surface area contributed by atoms with Gasteiger partial charge in [-0.3, -0.25) is 0 Å². The zero-order valence-electron chi connectivity index (χ0n) is 28.3. The molecule has 2 nitrogen and oxygen atoms in total. The topological polar surface area (TPSA) is 52.0 Å². The molecule has 0 saturated carbocycles. The summed E-state index contributed by atoms with van der Waals surface area (Å²) in [5.74, 6) is 0. The summed E-state index contributed by atoms with van der Waals surface area (Å²) in [6.45, 7) is 24.2. The predicted molar refractivity (Wildman–Crippen MR) is 216 cm³/mol. The zero-order valence-corrected chi connectivity index (χ0v) is 32.6. The molecule has 0 aliphatic carbocycles. The number of aryl methyl sites for hydroxylation is 4. The summed E-state index contributed by atoms with van der Waals surface area (Å²) in [5.41, 5.74) is 17.8. The quantitative estimate of drug-likeness (QED) is 0.106. The van der Waals surface area contributed by atoms with E-state index in [9.17, 15) is 0 Å². The Balaban J connectivity index is -0.0000000937. The lowest BCUT2D eigenvalue weighted by Gasteiger charge is -1.93. The van der Waals surface area contributed by atoms with E-state index in [-0.39, 0.29) is 16.8 Å². The van der Waals surface area contributed by atoms with Crippen molar-refractivity contribution in [3.05, 3.63) is 126 Å². The van der Waals surface area contributed by atoms with Crippen LogP contribution < -0.4 is 11.5 Å². The maximum atomic E-state index is 5.52. The summed E-state index contributed by atoms with van der Waals surface area (Å²) in [6, 6.07) is 32.3. The van der Waals surface area contributed by atoms with Gasteiger partial charge in [-0.2, -0.15) is 0 Å². The average molecular weight is 792 g/mol. The van der Waals surface area contributed by atoms with Gasteiger partial charge in [0.25, 0.3) is 0 Å². The van der Waals surface area contributed by atoms with Crippen molar-refractivity contribution < 1.29 is 0 Å². The summed E-state index contributed by atoms with van der Waals surface area (Å²) in [5, 5.41) is 0. The number of rotatable bonds is 0. The first-order valence-corrected chi connectivity index (χ1v) is 16.4. The van der Waals surface area contributed by atoms with Crippen LogP contribution in [0.4, 0.5) is 11.4 Å². The molecule has 6 heteroatoms. The van der Waals surface area contributed by atoms with Crippen molar-refractivity contribution in [3.63, 3.8) is 0 Å². The SMILES string of the molecule is CC.CC.CC.CC.Cc1ccccc1I.Cc1ccccc1I.Cc1ccccc1N.Cc1ccccc1N.[B].[B]. The van der Waals surface area contributed by atoms with Gasteiger partial charge in [-0.1, -0.05) is 128 Å². The first kappa shape index (κ1) is 52.7. The third kappa shape index (κ3) is 29.6. The Bertz CT molecular complexity index is 833. The molecule has 0 amide bonds. The number of nitrogen functional groups attached to an aromatic ring is 2. The highest BCUT2D eigenvalue weighted by Gasteiger charge is 1.87. The summed E-state index contributed by atoms with van der Waals surface area (Å²) in [4.78, 5) is 0. The van der Waals surface area contributed by atoms with E-state index in [1.54, 1.807) is 0 Å². The van der Waals surface area contributed by atoms with Crippen LogP contribution in [0, 0.1) is 34.8 Å². The van der Waals surface area contributed by atoms with Crippen molar-refractivity contribution in [1.82, 2.24) is 0 Å². The molecule has 4 rings (SSSR count). The smallest absolute Gasteiger partial charge is 0.0343 e. The molecule has 0 unspecified atom stereocenters. The first-order valence-electron chi connectivity index (χ1n) is 14.3. The number of para-hydroxylation sites is 2. The summed E-state index contributed by atoms with van der Waals surface area (Å²) < 4.78 is 2.68. The third-order valence-corrected chi connectivity index (χ3v) is 6.95. The van der Waals surface area contributed by atoms with Gasteiger partial charge in [0, 0.05) is 35.3 Å². The lowest BCUT2D eigenvalue weighted by Crippen LogP contribution is -1.85. The molecule has 4 aromatic rings. The van der Waals surface area contributed by atoms with E-state index < -0.39 is 0 Å². The average Bonchev–Trinajstić information content (AvgIpc) is 3.00. The molecule has 4 aromatic carbocycles. The van der Waals surface area contributed by atoms with Gasteiger partial charge in [0.2, 0.25) is 0 Å². The van der Waals surface area contributed by atoms with E-state index in [1.165, 1.54) is 18.3 Å². The highest BCUT2D eigenvalue weighted by atomic mass is 127. The number of anilines is 2. The van der Waals surface area contributed by atoms with Gasteiger partial charge in [0.1, 0.15) is 0 Å². The zero-order chi connectivity index (χ0) is 31.9. The number of hydrogen-bond acceptors (Lipinski definition) is 2. The molecule has 4 N–H and O–H groups in total. The Morgan fingerprint density at radius 2 is 0.548 bits per heavy atom. The fraction of sp³-hybridized carbons (Fsp3) is 0.333. The molecule has 0 fully saturated rings. The molecule has 0 bridgehead atoms. The van der Waals surface area contributed by atoms with Gasteiger partial charge in [-0.15, -0.1) is 0 Å². The van der Waals surface area contributed by atoms with Crippen LogP contribution in [0.3, 0.4) is 0 Å². The van der Waals surface area contributed by atoms with E-state index in [0.29, 0.717) is 0 Å². The van der Waals surface area contributed by atoms with Crippen LogP contribution in [0.5, 0.6) is 0 Å². The van der Waals surface area contributed by atoms with Crippen molar-refractivity contribution in [3.8, 4) is 0 Å². The van der Waals surface area contributed by atoms with Crippen LogP contribution in [0.1, 0.15) is 77.6 Å². The van der Waals surface area contributed by atoms with E-state index in [0.717, 1.165) is 22.5 Å². The Morgan fingerprint density at radius 1 is 0.357 bits per heavy atom. The van der Waals surface area contributed by atoms with Crippen molar-refractivity contribution in [1.29, 1.82) is 0 Å². The van der Waals surface area contributed by atoms with Crippen LogP contribution in [0.25, 0.3) is 0 Å². The standard InChI is InChI=1S/2C7H7I.2C7H9N.4C2H6.2B/c4*1-6-4-2-3-5-7(6)8;4*1-2;;/h2*2-5H,1H3;2*2-5H,8H2,1H3;4*1-2H3;;. The molecule has 0 atom stereocenters. The lowest BCUT2D eigenvalue weighted by atomic mass is 10.2.